The molecular weight excluding hydrogens is 216 g/mol. The van der Waals surface area contributed by atoms with Crippen molar-refractivity contribution >= 4 is 17.0 Å². The SMILES string of the molecule is N#CC(C#N)=Cc1ccc2nc[nH]c(=O)c2c1. The zero-order valence-electron chi connectivity index (χ0n) is 8.64. The predicted octanol–water partition coefficient (Wildman–Crippen LogP) is 1.35. The van der Waals surface area contributed by atoms with Crippen LogP contribution in [-0.4, -0.2) is 9.97 Å². The average molecular weight is 222 g/mol. The number of aromatic amines is 1. The summed E-state index contributed by atoms with van der Waals surface area (Å²) in [4.78, 5) is 18.0. The van der Waals surface area contributed by atoms with E-state index in [-0.39, 0.29) is 11.1 Å². The Bertz CT molecular complexity index is 727. The van der Waals surface area contributed by atoms with Gasteiger partial charge in [-0.05, 0) is 23.8 Å². The van der Waals surface area contributed by atoms with E-state index in [9.17, 15) is 4.79 Å². The molecular formula is C12H6N4O. The van der Waals surface area contributed by atoms with Gasteiger partial charge in [0.15, 0.2) is 0 Å². The number of allylic oxidation sites excluding steroid dienone is 1. The monoisotopic (exact) mass is 222 g/mol. The third-order valence-corrected chi connectivity index (χ3v) is 2.22. The number of nitrogens with one attached hydrogen (secondary N) is 1. The third-order valence-electron chi connectivity index (χ3n) is 2.22. The number of fused-ring (bicyclic) bond motifs is 1. The molecule has 0 aliphatic heterocycles. The fourth-order valence-electron chi connectivity index (χ4n) is 1.43. The largest absolute Gasteiger partial charge is 0.313 e. The zero-order valence-corrected chi connectivity index (χ0v) is 8.64. The van der Waals surface area contributed by atoms with Crippen LogP contribution in [0, 0.1) is 22.7 Å². The van der Waals surface area contributed by atoms with Gasteiger partial charge in [0.25, 0.3) is 5.56 Å². The van der Waals surface area contributed by atoms with E-state index in [0.29, 0.717) is 16.5 Å². The van der Waals surface area contributed by atoms with Crippen molar-refractivity contribution in [3.8, 4) is 12.1 Å². The van der Waals surface area contributed by atoms with Gasteiger partial charge >= 0.3 is 0 Å². The standard InChI is InChI=1S/C12H6N4O/c13-5-9(6-14)3-8-1-2-11-10(4-8)12(17)16-7-15-11/h1-4,7H,(H,15,16,17). The summed E-state index contributed by atoms with van der Waals surface area (Å²) >= 11 is 0. The highest BCUT2D eigenvalue weighted by Crippen LogP contribution is 2.12. The number of aromatic nitrogens is 2. The van der Waals surface area contributed by atoms with Crippen LogP contribution in [0.4, 0.5) is 0 Å². The zero-order chi connectivity index (χ0) is 12.3. The summed E-state index contributed by atoms with van der Waals surface area (Å²) in [6.07, 6.45) is 2.75. The molecule has 0 unspecified atom stereocenters. The normalized spacial score (nSPS) is 9.29. The molecule has 2 aromatic rings. The summed E-state index contributed by atoms with van der Waals surface area (Å²) in [6.45, 7) is 0. The molecule has 0 amide bonds. The molecule has 0 spiro atoms. The van der Waals surface area contributed by atoms with Crippen molar-refractivity contribution < 1.29 is 0 Å². The van der Waals surface area contributed by atoms with E-state index in [0.717, 1.165) is 0 Å². The Hall–Kier alpha value is -2.92. The Balaban J connectivity index is 2.65. The molecule has 5 heteroatoms. The molecule has 0 atom stereocenters. The lowest BCUT2D eigenvalue weighted by Gasteiger charge is -1.97. The van der Waals surface area contributed by atoms with Gasteiger partial charge in [0, 0.05) is 0 Å². The number of H-pyrrole nitrogens is 1. The molecule has 0 radical (unpaired) electrons. The Morgan fingerprint density at radius 1 is 1.35 bits per heavy atom. The summed E-state index contributed by atoms with van der Waals surface area (Å²) in [5.74, 6) is 0. The summed E-state index contributed by atoms with van der Waals surface area (Å²) < 4.78 is 0. The van der Waals surface area contributed by atoms with E-state index in [1.807, 2.05) is 0 Å². The van der Waals surface area contributed by atoms with Crippen LogP contribution in [0.2, 0.25) is 0 Å². The van der Waals surface area contributed by atoms with Gasteiger partial charge in [0.1, 0.15) is 17.7 Å². The van der Waals surface area contributed by atoms with Crippen molar-refractivity contribution in [2.24, 2.45) is 0 Å². The van der Waals surface area contributed by atoms with E-state index in [1.165, 1.54) is 12.4 Å². The molecule has 17 heavy (non-hydrogen) atoms. The van der Waals surface area contributed by atoms with Gasteiger partial charge < -0.3 is 4.98 Å². The lowest BCUT2D eigenvalue weighted by atomic mass is 10.1. The summed E-state index contributed by atoms with van der Waals surface area (Å²) in [6, 6.07) is 8.48. The molecule has 0 saturated heterocycles. The molecule has 0 aliphatic rings. The first-order valence-corrected chi connectivity index (χ1v) is 4.74. The van der Waals surface area contributed by atoms with Crippen molar-refractivity contribution in [1.29, 1.82) is 10.5 Å². The summed E-state index contributed by atoms with van der Waals surface area (Å²) in [5, 5.41) is 17.7. The quantitative estimate of drug-likeness (QED) is 0.737. The molecule has 0 saturated carbocycles. The molecule has 0 bridgehead atoms. The number of nitrogens with zero attached hydrogens (tertiary/aromatic N) is 3. The number of nitriles is 2. The van der Waals surface area contributed by atoms with Gasteiger partial charge in [-0.15, -0.1) is 0 Å². The van der Waals surface area contributed by atoms with Gasteiger partial charge in [-0.2, -0.15) is 10.5 Å². The molecule has 1 heterocycles. The predicted molar refractivity (Wildman–Crippen MR) is 61.6 cm³/mol. The molecule has 80 valence electrons. The highest BCUT2D eigenvalue weighted by Gasteiger charge is 2.00. The van der Waals surface area contributed by atoms with Crippen LogP contribution in [0.15, 0.2) is 34.9 Å². The molecule has 0 fully saturated rings. The topological polar surface area (TPSA) is 93.3 Å². The Kier molecular flexibility index (Phi) is 2.68. The minimum Gasteiger partial charge on any atom is -0.313 e. The van der Waals surface area contributed by atoms with E-state index in [4.69, 9.17) is 10.5 Å². The van der Waals surface area contributed by atoms with E-state index < -0.39 is 0 Å². The highest BCUT2D eigenvalue weighted by molar-refractivity contribution is 5.81. The number of rotatable bonds is 1. The first kappa shape index (κ1) is 10.6. The minimum absolute atomic E-state index is 0.00957. The Labute approximate surface area is 96.3 Å². The van der Waals surface area contributed by atoms with Crippen LogP contribution in [0.25, 0.3) is 17.0 Å². The van der Waals surface area contributed by atoms with Crippen molar-refractivity contribution in [1.82, 2.24) is 9.97 Å². The van der Waals surface area contributed by atoms with Crippen LogP contribution in [0.3, 0.4) is 0 Å². The molecule has 1 aromatic heterocycles. The van der Waals surface area contributed by atoms with Crippen molar-refractivity contribution in [2.45, 2.75) is 0 Å². The summed E-state index contributed by atoms with van der Waals surface area (Å²) in [5.41, 5.74) is 0.931. The molecule has 5 nitrogen and oxygen atoms in total. The van der Waals surface area contributed by atoms with Crippen LogP contribution in [0.5, 0.6) is 0 Å². The van der Waals surface area contributed by atoms with Crippen LogP contribution >= 0.6 is 0 Å². The molecule has 0 aliphatic carbocycles. The first-order valence-electron chi connectivity index (χ1n) is 4.74. The van der Waals surface area contributed by atoms with Gasteiger partial charge in [-0.25, -0.2) is 4.98 Å². The van der Waals surface area contributed by atoms with Gasteiger partial charge in [0.2, 0.25) is 0 Å². The van der Waals surface area contributed by atoms with E-state index in [2.05, 4.69) is 9.97 Å². The average Bonchev–Trinajstić information content (AvgIpc) is 2.37. The minimum atomic E-state index is -0.249. The van der Waals surface area contributed by atoms with Crippen LogP contribution in [0.1, 0.15) is 5.56 Å². The fraction of sp³-hybridized carbons (Fsp3) is 0. The number of benzene rings is 1. The fourth-order valence-corrected chi connectivity index (χ4v) is 1.43. The molecule has 1 aromatic carbocycles. The smallest absolute Gasteiger partial charge is 0.258 e. The Morgan fingerprint density at radius 3 is 2.82 bits per heavy atom. The summed E-state index contributed by atoms with van der Waals surface area (Å²) in [7, 11) is 0. The molecule has 2 rings (SSSR count). The van der Waals surface area contributed by atoms with Gasteiger partial charge in [0.05, 0.1) is 17.2 Å². The second-order valence-electron chi connectivity index (χ2n) is 3.29. The first-order chi connectivity index (χ1) is 8.24. The second-order valence-corrected chi connectivity index (χ2v) is 3.29. The maximum Gasteiger partial charge on any atom is 0.258 e. The second kappa shape index (κ2) is 4.30. The number of hydrogen-bond donors (Lipinski definition) is 1. The maximum atomic E-state index is 11.5. The van der Waals surface area contributed by atoms with Crippen molar-refractivity contribution in [2.75, 3.05) is 0 Å². The van der Waals surface area contributed by atoms with Crippen molar-refractivity contribution in [3.05, 3.63) is 46.0 Å². The van der Waals surface area contributed by atoms with Crippen LogP contribution in [-0.2, 0) is 0 Å². The lowest BCUT2D eigenvalue weighted by Crippen LogP contribution is -2.05. The maximum absolute atomic E-state index is 11.5. The van der Waals surface area contributed by atoms with E-state index >= 15 is 0 Å². The van der Waals surface area contributed by atoms with Crippen LogP contribution < -0.4 is 5.56 Å². The Morgan fingerprint density at radius 2 is 2.12 bits per heavy atom. The highest BCUT2D eigenvalue weighted by atomic mass is 16.1. The van der Waals surface area contributed by atoms with E-state index in [1.54, 1.807) is 30.3 Å². The third kappa shape index (κ3) is 2.04. The van der Waals surface area contributed by atoms with Gasteiger partial charge in [-0.3, -0.25) is 4.79 Å². The lowest BCUT2D eigenvalue weighted by molar-refractivity contribution is 1.17. The molecule has 1 N–H and O–H groups in total. The van der Waals surface area contributed by atoms with Gasteiger partial charge in [-0.1, -0.05) is 6.07 Å². The van der Waals surface area contributed by atoms with Crippen molar-refractivity contribution in [3.63, 3.8) is 0 Å². The number of hydrogen-bond acceptors (Lipinski definition) is 4.